The number of fused-ring (bicyclic) bond motifs is 1. The van der Waals surface area contributed by atoms with Gasteiger partial charge >= 0.3 is 0 Å². The normalized spacial score (nSPS) is 15.1. The van der Waals surface area contributed by atoms with E-state index >= 15 is 0 Å². The maximum absolute atomic E-state index is 12.9. The zero-order valence-corrected chi connectivity index (χ0v) is 17.6. The molecule has 166 valence electrons. The second-order valence-electron chi connectivity index (χ2n) is 7.11. The van der Waals surface area contributed by atoms with Crippen molar-refractivity contribution in [2.24, 2.45) is 0 Å². The topological polar surface area (TPSA) is 105 Å². The van der Waals surface area contributed by atoms with Gasteiger partial charge in [0.25, 0.3) is 18.2 Å². The average Bonchev–Trinajstić information content (AvgIpc) is 3.07. The van der Waals surface area contributed by atoms with Crippen LogP contribution in [-0.4, -0.2) is 57.5 Å². The molecule has 31 heavy (non-hydrogen) atoms. The van der Waals surface area contributed by atoms with E-state index in [0.717, 1.165) is 0 Å². The maximum Gasteiger partial charge on any atom is 0.272 e. The van der Waals surface area contributed by atoms with E-state index in [4.69, 9.17) is 16.3 Å². The highest BCUT2D eigenvalue weighted by Crippen LogP contribution is 2.34. The van der Waals surface area contributed by atoms with Crippen molar-refractivity contribution in [3.05, 3.63) is 51.9 Å². The highest BCUT2D eigenvalue weighted by atomic mass is 35.5. The Morgan fingerprint density at radius 2 is 2.13 bits per heavy atom. The number of aliphatic hydroxyl groups excluding tert-OH is 1. The van der Waals surface area contributed by atoms with Crippen LogP contribution < -0.4 is 10.1 Å². The van der Waals surface area contributed by atoms with Crippen LogP contribution in [0.4, 0.5) is 8.78 Å². The van der Waals surface area contributed by atoms with E-state index in [2.05, 4.69) is 15.3 Å². The number of amides is 2. The van der Waals surface area contributed by atoms with Gasteiger partial charge in [0, 0.05) is 36.6 Å². The van der Waals surface area contributed by atoms with Crippen LogP contribution in [0.25, 0.3) is 0 Å². The second kappa shape index (κ2) is 9.52. The lowest BCUT2D eigenvalue weighted by molar-refractivity contribution is 0.0712. The molecule has 11 heteroatoms. The fraction of sp³-hybridized carbons (Fsp3) is 0.400. The van der Waals surface area contributed by atoms with E-state index < -0.39 is 31.1 Å². The largest absolute Gasteiger partial charge is 0.471 e. The molecule has 2 N–H and O–H groups in total. The number of nitrogens with zero attached hydrogens (tertiary/aromatic N) is 3. The summed E-state index contributed by atoms with van der Waals surface area (Å²) in [5, 5.41) is 12.0. The lowest BCUT2D eigenvalue weighted by atomic mass is 10.1. The van der Waals surface area contributed by atoms with Gasteiger partial charge in [-0.3, -0.25) is 14.6 Å². The molecule has 0 aromatic carbocycles. The summed E-state index contributed by atoms with van der Waals surface area (Å²) in [6, 6.07) is 2.58. The van der Waals surface area contributed by atoms with Gasteiger partial charge in [-0.25, -0.2) is 13.8 Å². The van der Waals surface area contributed by atoms with Gasteiger partial charge in [-0.05, 0) is 31.5 Å². The highest BCUT2D eigenvalue weighted by Gasteiger charge is 2.35. The van der Waals surface area contributed by atoms with E-state index in [1.807, 2.05) is 0 Å². The Morgan fingerprint density at radius 3 is 2.77 bits per heavy atom. The van der Waals surface area contributed by atoms with Crippen LogP contribution in [0.3, 0.4) is 0 Å². The summed E-state index contributed by atoms with van der Waals surface area (Å²) >= 11 is 6.10. The minimum absolute atomic E-state index is 0.0500. The first kappa shape index (κ1) is 22.8. The van der Waals surface area contributed by atoms with Crippen LogP contribution in [0.1, 0.15) is 51.9 Å². The average molecular weight is 455 g/mol. The number of hydrogen-bond acceptors (Lipinski definition) is 6. The van der Waals surface area contributed by atoms with Gasteiger partial charge < -0.3 is 20.1 Å². The van der Waals surface area contributed by atoms with Crippen LogP contribution in [0, 0.1) is 0 Å². The Kier molecular flexibility index (Phi) is 7.01. The summed E-state index contributed by atoms with van der Waals surface area (Å²) in [4.78, 5) is 35.0. The minimum Gasteiger partial charge on any atom is -0.471 e. The van der Waals surface area contributed by atoms with Crippen molar-refractivity contribution in [2.45, 2.75) is 39.0 Å². The number of hydrogen-bond donors (Lipinski definition) is 2. The number of halogens is 3. The summed E-state index contributed by atoms with van der Waals surface area (Å²) < 4.78 is 29.5. The fourth-order valence-corrected chi connectivity index (χ4v) is 3.41. The summed E-state index contributed by atoms with van der Waals surface area (Å²) in [6.07, 6.45) is -0.584. The lowest BCUT2D eigenvalue weighted by Crippen LogP contribution is -2.32. The molecule has 0 bridgehead atoms. The number of nitrogens with one attached hydrogen (secondary N) is 1. The van der Waals surface area contributed by atoms with Crippen LogP contribution in [0.15, 0.2) is 24.5 Å². The second-order valence-corrected chi connectivity index (χ2v) is 7.52. The molecule has 0 spiro atoms. The third-order valence-electron chi connectivity index (χ3n) is 4.77. The van der Waals surface area contributed by atoms with Crippen molar-refractivity contribution in [3.63, 3.8) is 0 Å². The standard InChI is InChI=1S/C20H21ClF2N4O4/c1-10(28)6-25-18(29)17-14-8-27(20(30)13(14)3-4-24-17)11(2)12-5-15(21)19(26-7-12)31-9-16(22)23/h3-5,7,10-11,16,28H,6,8-9H2,1-2H3,(H,25,29). The quantitative estimate of drug-likeness (QED) is 0.635. The molecule has 8 nitrogen and oxygen atoms in total. The van der Waals surface area contributed by atoms with E-state index in [9.17, 15) is 23.5 Å². The smallest absolute Gasteiger partial charge is 0.272 e. The molecule has 0 saturated heterocycles. The highest BCUT2D eigenvalue weighted by molar-refractivity contribution is 6.31. The molecule has 2 amide bonds. The van der Waals surface area contributed by atoms with Crippen LogP contribution in [-0.2, 0) is 6.54 Å². The Hall–Kier alpha value is -2.85. The molecule has 0 aliphatic carbocycles. The van der Waals surface area contributed by atoms with Gasteiger partial charge in [0.05, 0.1) is 12.1 Å². The first-order valence-corrected chi connectivity index (χ1v) is 9.88. The first-order chi connectivity index (χ1) is 14.7. The zero-order valence-electron chi connectivity index (χ0n) is 16.8. The predicted molar refractivity (Wildman–Crippen MR) is 107 cm³/mol. The molecule has 3 heterocycles. The summed E-state index contributed by atoms with van der Waals surface area (Å²) in [5.41, 5.74) is 1.54. The van der Waals surface area contributed by atoms with E-state index in [-0.39, 0.29) is 35.6 Å². The van der Waals surface area contributed by atoms with Gasteiger partial charge in [0.1, 0.15) is 10.7 Å². The molecular formula is C20H21ClF2N4O4. The molecule has 0 fully saturated rings. The van der Waals surface area contributed by atoms with Gasteiger partial charge in [0.15, 0.2) is 6.61 Å². The third kappa shape index (κ3) is 5.08. The molecule has 1 aliphatic heterocycles. The van der Waals surface area contributed by atoms with Crippen LogP contribution >= 0.6 is 11.6 Å². The molecule has 1 aliphatic rings. The molecule has 2 unspecified atom stereocenters. The zero-order chi connectivity index (χ0) is 22.7. The molecule has 2 atom stereocenters. The number of rotatable bonds is 8. The third-order valence-corrected chi connectivity index (χ3v) is 5.04. The summed E-state index contributed by atoms with van der Waals surface area (Å²) in [7, 11) is 0. The van der Waals surface area contributed by atoms with Crippen LogP contribution in [0.2, 0.25) is 5.02 Å². The number of carbonyl (C=O) groups excluding carboxylic acids is 2. The SMILES string of the molecule is CC(O)CNC(=O)c1nccc2c1CN(C(C)c1cnc(OCC(F)F)c(Cl)c1)C2=O. The van der Waals surface area contributed by atoms with Crippen molar-refractivity contribution in [2.75, 3.05) is 13.2 Å². The molecule has 3 rings (SSSR count). The first-order valence-electron chi connectivity index (χ1n) is 9.50. The minimum atomic E-state index is -2.65. The molecule has 0 saturated carbocycles. The van der Waals surface area contributed by atoms with Crippen molar-refractivity contribution >= 4 is 23.4 Å². The number of aromatic nitrogens is 2. The van der Waals surface area contributed by atoms with Crippen molar-refractivity contribution in [3.8, 4) is 5.88 Å². The Labute approximate surface area is 182 Å². The molecule has 2 aromatic heterocycles. The Morgan fingerprint density at radius 1 is 1.39 bits per heavy atom. The van der Waals surface area contributed by atoms with Crippen molar-refractivity contribution in [1.29, 1.82) is 0 Å². The van der Waals surface area contributed by atoms with Crippen molar-refractivity contribution < 1.29 is 28.2 Å². The summed E-state index contributed by atoms with van der Waals surface area (Å²) in [5.74, 6) is -0.885. The molecule has 2 aromatic rings. The van der Waals surface area contributed by atoms with Gasteiger partial charge in [-0.15, -0.1) is 0 Å². The number of alkyl halides is 2. The van der Waals surface area contributed by atoms with Gasteiger partial charge in [-0.1, -0.05) is 11.6 Å². The summed E-state index contributed by atoms with van der Waals surface area (Å²) in [6.45, 7) is 2.68. The number of carbonyl (C=O) groups is 2. The molecular weight excluding hydrogens is 434 g/mol. The number of ether oxygens (including phenoxy) is 1. The fourth-order valence-electron chi connectivity index (χ4n) is 3.18. The predicted octanol–water partition coefficient (Wildman–Crippen LogP) is 2.60. The monoisotopic (exact) mass is 454 g/mol. The molecule has 0 radical (unpaired) electrons. The van der Waals surface area contributed by atoms with Gasteiger partial charge in [0.2, 0.25) is 5.88 Å². The van der Waals surface area contributed by atoms with Gasteiger partial charge in [-0.2, -0.15) is 0 Å². The maximum atomic E-state index is 12.9. The van der Waals surface area contributed by atoms with E-state index in [0.29, 0.717) is 16.7 Å². The Balaban J connectivity index is 1.79. The number of aliphatic hydroxyl groups is 1. The van der Waals surface area contributed by atoms with Crippen LogP contribution in [0.5, 0.6) is 5.88 Å². The van der Waals surface area contributed by atoms with E-state index in [1.54, 1.807) is 19.9 Å². The van der Waals surface area contributed by atoms with E-state index in [1.165, 1.54) is 23.4 Å². The Bertz CT molecular complexity index is 990. The van der Waals surface area contributed by atoms with Crippen molar-refractivity contribution in [1.82, 2.24) is 20.2 Å². The lowest BCUT2D eigenvalue weighted by Gasteiger charge is -2.24. The number of pyridine rings is 2.